The molecule has 1 saturated carbocycles. The number of amides is 1. The van der Waals surface area contributed by atoms with E-state index in [0.29, 0.717) is 17.1 Å². The van der Waals surface area contributed by atoms with E-state index in [1.165, 1.54) is 7.11 Å². The number of benzene rings is 1. The summed E-state index contributed by atoms with van der Waals surface area (Å²) in [6.07, 6.45) is 4.65. The van der Waals surface area contributed by atoms with E-state index in [2.05, 4.69) is 5.32 Å². The lowest BCUT2D eigenvalue weighted by Gasteiger charge is -2.32. The highest BCUT2D eigenvalue weighted by Crippen LogP contribution is 2.28. The molecule has 2 N–H and O–H groups in total. The Morgan fingerprint density at radius 1 is 1.24 bits per heavy atom. The van der Waals surface area contributed by atoms with Crippen molar-refractivity contribution in [2.75, 3.05) is 20.8 Å². The molecule has 0 aromatic heterocycles. The summed E-state index contributed by atoms with van der Waals surface area (Å²) in [6.45, 7) is 0.270. The van der Waals surface area contributed by atoms with Crippen molar-refractivity contribution >= 4 is 5.91 Å². The zero-order chi connectivity index (χ0) is 15.3. The zero-order valence-corrected chi connectivity index (χ0v) is 12.6. The smallest absolute Gasteiger partial charge is 0.255 e. The van der Waals surface area contributed by atoms with Crippen LogP contribution in [0.2, 0.25) is 0 Å². The Kier molecular flexibility index (Phi) is 5.07. The van der Waals surface area contributed by atoms with E-state index in [1.54, 1.807) is 25.3 Å². The Balaban J connectivity index is 2.05. The van der Waals surface area contributed by atoms with Gasteiger partial charge in [-0.2, -0.15) is 0 Å². The van der Waals surface area contributed by atoms with Crippen LogP contribution in [0.25, 0.3) is 0 Å². The summed E-state index contributed by atoms with van der Waals surface area (Å²) in [4.78, 5) is 12.3. The first-order chi connectivity index (χ1) is 10.1. The SMILES string of the molecule is COc1ccc(OC)c(C(=O)NCC2(O)CCCCC2)c1. The molecular formula is C16H23NO4. The van der Waals surface area contributed by atoms with Crippen LogP contribution in [0.5, 0.6) is 11.5 Å². The first kappa shape index (κ1) is 15.6. The lowest BCUT2D eigenvalue weighted by molar-refractivity contribution is 0.00523. The second kappa shape index (κ2) is 6.80. The maximum Gasteiger partial charge on any atom is 0.255 e. The Morgan fingerprint density at radius 2 is 1.95 bits per heavy atom. The Hall–Kier alpha value is -1.75. The van der Waals surface area contributed by atoms with Crippen LogP contribution < -0.4 is 14.8 Å². The highest BCUT2D eigenvalue weighted by Gasteiger charge is 2.29. The van der Waals surface area contributed by atoms with Gasteiger partial charge in [-0.3, -0.25) is 4.79 Å². The maximum atomic E-state index is 12.3. The number of nitrogens with one attached hydrogen (secondary N) is 1. The molecule has 0 unspecified atom stereocenters. The molecule has 1 aliphatic carbocycles. The first-order valence-corrected chi connectivity index (χ1v) is 7.30. The lowest BCUT2D eigenvalue weighted by atomic mass is 9.85. The van der Waals surface area contributed by atoms with Crippen LogP contribution >= 0.6 is 0 Å². The minimum atomic E-state index is -0.778. The molecule has 0 heterocycles. The topological polar surface area (TPSA) is 67.8 Å². The molecule has 2 rings (SSSR count). The fraction of sp³-hybridized carbons (Fsp3) is 0.562. The molecule has 1 aliphatic rings. The average molecular weight is 293 g/mol. The quantitative estimate of drug-likeness (QED) is 0.872. The summed E-state index contributed by atoms with van der Waals surface area (Å²) in [5, 5.41) is 13.2. The van der Waals surface area contributed by atoms with E-state index in [0.717, 1.165) is 32.1 Å². The molecule has 116 valence electrons. The van der Waals surface area contributed by atoms with Gasteiger partial charge in [-0.1, -0.05) is 19.3 Å². The van der Waals surface area contributed by atoms with Crippen molar-refractivity contribution in [2.24, 2.45) is 0 Å². The van der Waals surface area contributed by atoms with Gasteiger partial charge in [0.25, 0.3) is 5.91 Å². The largest absolute Gasteiger partial charge is 0.497 e. The van der Waals surface area contributed by atoms with Crippen molar-refractivity contribution in [3.63, 3.8) is 0 Å². The van der Waals surface area contributed by atoms with E-state index < -0.39 is 5.60 Å². The minimum Gasteiger partial charge on any atom is -0.497 e. The van der Waals surface area contributed by atoms with E-state index in [-0.39, 0.29) is 12.5 Å². The van der Waals surface area contributed by atoms with Gasteiger partial charge >= 0.3 is 0 Å². The third-order valence-electron chi connectivity index (χ3n) is 4.01. The molecule has 0 spiro atoms. The number of aliphatic hydroxyl groups is 1. The molecule has 0 radical (unpaired) electrons. The van der Waals surface area contributed by atoms with Gasteiger partial charge in [-0.05, 0) is 31.0 Å². The van der Waals surface area contributed by atoms with E-state index >= 15 is 0 Å². The fourth-order valence-electron chi connectivity index (χ4n) is 2.72. The maximum absolute atomic E-state index is 12.3. The molecule has 5 heteroatoms. The average Bonchev–Trinajstić information content (AvgIpc) is 2.52. The van der Waals surface area contributed by atoms with Crippen LogP contribution in [0.4, 0.5) is 0 Å². The Labute approximate surface area is 125 Å². The number of methoxy groups -OCH3 is 2. The molecule has 1 aromatic rings. The summed E-state index contributed by atoms with van der Waals surface area (Å²) in [5.41, 5.74) is -0.365. The van der Waals surface area contributed by atoms with Gasteiger partial charge in [0.2, 0.25) is 0 Å². The lowest BCUT2D eigenvalue weighted by Crippen LogP contribution is -2.44. The van der Waals surface area contributed by atoms with Crippen LogP contribution in [0.1, 0.15) is 42.5 Å². The van der Waals surface area contributed by atoms with Crippen LogP contribution in [-0.4, -0.2) is 37.4 Å². The molecule has 0 atom stereocenters. The normalized spacial score (nSPS) is 17.1. The van der Waals surface area contributed by atoms with Gasteiger partial charge < -0.3 is 19.9 Å². The van der Waals surface area contributed by atoms with Crippen molar-refractivity contribution in [2.45, 2.75) is 37.7 Å². The molecular weight excluding hydrogens is 270 g/mol. The van der Waals surface area contributed by atoms with Gasteiger partial charge in [0.05, 0.1) is 25.4 Å². The molecule has 1 aromatic carbocycles. The molecule has 0 aliphatic heterocycles. The first-order valence-electron chi connectivity index (χ1n) is 7.30. The van der Waals surface area contributed by atoms with Crippen LogP contribution in [0.15, 0.2) is 18.2 Å². The molecule has 0 bridgehead atoms. The third-order valence-corrected chi connectivity index (χ3v) is 4.01. The zero-order valence-electron chi connectivity index (χ0n) is 12.6. The molecule has 1 amide bonds. The van der Waals surface area contributed by atoms with Gasteiger partial charge in [0, 0.05) is 6.54 Å². The number of carbonyl (C=O) groups is 1. The van der Waals surface area contributed by atoms with Crippen LogP contribution in [0.3, 0.4) is 0 Å². The van der Waals surface area contributed by atoms with E-state index in [4.69, 9.17) is 9.47 Å². The Bertz CT molecular complexity index is 495. The molecule has 0 saturated heterocycles. The van der Waals surface area contributed by atoms with E-state index in [1.807, 2.05) is 0 Å². The van der Waals surface area contributed by atoms with Gasteiger partial charge in [0.15, 0.2) is 0 Å². The van der Waals surface area contributed by atoms with Crippen molar-refractivity contribution in [1.82, 2.24) is 5.32 Å². The summed E-state index contributed by atoms with van der Waals surface area (Å²) in [6, 6.07) is 5.08. The minimum absolute atomic E-state index is 0.259. The van der Waals surface area contributed by atoms with Gasteiger partial charge in [-0.15, -0.1) is 0 Å². The van der Waals surface area contributed by atoms with E-state index in [9.17, 15) is 9.90 Å². The number of carbonyl (C=O) groups excluding carboxylic acids is 1. The predicted octanol–water partition coefficient (Wildman–Crippen LogP) is 2.13. The molecule has 1 fully saturated rings. The predicted molar refractivity (Wildman–Crippen MR) is 79.9 cm³/mol. The molecule has 5 nitrogen and oxygen atoms in total. The van der Waals surface area contributed by atoms with Gasteiger partial charge in [0.1, 0.15) is 11.5 Å². The number of rotatable bonds is 5. The summed E-state index contributed by atoms with van der Waals surface area (Å²) in [7, 11) is 3.07. The summed E-state index contributed by atoms with van der Waals surface area (Å²) >= 11 is 0. The van der Waals surface area contributed by atoms with Crippen molar-refractivity contribution in [3.8, 4) is 11.5 Å². The standard InChI is InChI=1S/C16H23NO4/c1-20-12-6-7-14(21-2)13(10-12)15(18)17-11-16(19)8-4-3-5-9-16/h6-7,10,19H,3-5,8-9,11H2,1-2H3,(H,17,18). The summed E-state index contributed by atoms with van der Waals surface area (Å²) < 4.78 is 10.3. The summed E-state index contributed by atoms with van der Waals surface area (Å²) in [5.74, 6) is 0.825. The monoisotopic (exact) mass is 293 g/mol. The van der Waals surface area contributed by atoms with Gasteiger partial charge in [-0.25, -0.2) is 0 Å². The number of hydrogen-bond acceptors (Lipinski definition) is 4. The molecule has 21 heavy (non-hydrogen) atoms. The van der Waals surface area contributed by atoms with Crippen molar-refractivity contribution in [1.29, 1.82) is 0 Å². The third kappa shape index (κ3) is 3.88. The van der Waals surface area contributed by atoms with Crippen LogP contribution in [-0.2, 0) is 0 Å². The Morgan fingerprint density at radius 3 is 2.57 bits per heavy atom. The highest BCUT2D eigenvalue weighted by molar-refractivity contribution is 5.97. The van der Waals surface area contributed by atoms with Crippen LogP contribution in [0, 0.1) is 0 Å². The fourth-order valence-corrected chi connectivity index (χ4v) is 2.72. The second-order valence-corrected chi connectivity index (χ2v) is 5.53. The van der Waals surface area contributed by atoms with Crippen molar-refractivity contribution in [3.05, 3.63) is 23.8 Å². The highest BCUT2D eigenvalue weighted by atomic mass is 16.5. The second-order valence-electron chi connectivity index (χ2n) is 5.53. The number of ether oxygens (including phenoxy) is 2. The number of hydrogen-bond donors (Lipinski definition) is 2. The van der Waals surface area contributed by atoms with Crippen molar-refractivity contribution < 1.29 is 19.4 Å².